The SMILES string of the molecule is [CH2]c1ccccc1C(CCC)CCCCCCCCCCC. The van der Waals surface area contributed by atoms with Crippen LogP contribution in [0.15, 0.2) is 24.3 Å². The summed E-state index contributed by atoms with van der Waals surface area (Å²) < 4.78 is 0. The van der Waals surface area contributed by atoms with Gasteiger partial charge in [0.1, 0.15) is 0 Å². The molecule has 0 aliphatic carbocycles. The minimum Gasteiger partial charge on any atom is -0.0654 e. The van der Waals surface area contributed by atoms with Crippen LogP contribution >= 0.6 is 0 Å². The Hall–Kier alpha value is -0.780. The number of unbranched alkanes of at least 4 members (excludes halogenated alkanes) is 8. The van der Waals surface area contributed by atoms with E-state index in [2.05, 4.69) is 45.0 Å². The van der Waals surface area contributed by atoms with Gasteiger partial charge in [-0.2, -0.15) is 0 Å². The maximum atomic E-state index is 4.22. The molecule has 1 radical (unpaired) electrons. The Morgan fingerprint density at radius 1 is 0.727 bits per heavy atom. The van der Waals surface area contributed by atoms with Gasteiger partial charge in [-0.05, 0) is 36.8 Å². The van der Waals surface area contributed by atoms with E-state index in [4.69, 9.17) is 0 Å². The van der Waals surface area contributed by atoms with E-state index in [0.717, 1.165) is 5.92 Å². The first-order valence-corrected chi connectivity index (χ1v) is 9.70. The summed E-state index contributed by atoms with van der Waals surface area (Å²) in [5, 5.41) is 0. The second kappa shape index (κ2) is 12.7. The van der Waals surface area contributed by atoms with Crippen LogP contribution in [-0.4, -0.2) is 0 Å². The van der Waals surface area contributed by atoms with Gasteiger partial charge in [-0.1, -0.05) is 102 Å². The van der Waals surface area contributed by atoms with Gasteiger partial charge in [-0.25, -0.2) is 0 Å². The smallest absolute Gasteiger partial charge is 0.0159 e. The molecule has 0 N–H and O–H groups in total. The molecule has 0 aliphatic rings. The zero-order chi connectivity index (χ0) is 16.0. The molecule has 1 rings (SSSR count). The van der Waals surface area contributed by atoms with E-state index in [9.17, 15) is 0 Å². The van der Waals surface area contributed by atoms with Gasteiger partial charge in [0.2, 0.25) is 0 Å². The lowest BCUT2D eigenvalue weighted by molar-refractivity contribution is 0.505. The van der Waals surface area contributed by atoms with Crippen molar-refractivity contribution in [2.24, 2.45) is 0 Å². The summed E-state index contributed by atoms with van der Waals surface area (Å²) >= 11 is 0. The summed E-state index contributed by atoms with van der Waals surface area (Å²) in [4.78, 5) is 0. The quantitative estimate of drug-likeness (QED) is 0.328. The maximum absolute atomic E-state index is 4.22. The first-order chi connectivity index (χ1) is 10.8. The summed E-state index contributed by atoms with van der Waals surface area (Å²) in [5.74, 6) is 0.725. The lowest BCUT2D eigenvalue weighted by Crippen LogP contribution is -2.01. The highest BCUT2D eigenvalue weighted by atomic mass is 14.2. The minimum absolute atomic E-state index is 0.725. The fourth-order valence-corrected chi connectivity index (χ4v) is 3.44. The largest absolute Gasteiger partial charge is 0.0654 e. The molecule has 0 aromatic heterocycles. The second-order valence-electron chi connectivity index (χ2n) is 6.80. The molecule has 0 heteroatoms. The Kier molecular flexibility index (Phi) is 11.2. The van der Waals surface area contributed by atoms with Gasteiger partial charge >= 0.3 is 0 Å². The Labute approximate surface area is 139 Å². The van der Waals surface area contributed by atoms with Gasteiger partial charge < -0.3 is 0 Å². The van der Waals surface area contributed by atoms with Gasteiger partial charge in [0, 0.05) is 0 Å². The monoisotopic (exact) mass is 301 g/mol. The third kappa shape index (κ3) is 8.01. The van der Waals surface area contributed by atoms with Crippen LogP contribution in [0.4, 0.5) is 0 Å². The van der Waals surface area contributed by atoms with Gasteiger partial charge in [-0.3, -0.25) is 0 Å². The number of benzene rings is 1. The Morgan fingerprint density at radius 2 is 1.32 bits per heavy atom. The predicted molar refractivity (Wildman–Crippen MR) is 100 cm³/mol. The van der Waals surface area contributed by atoms with Crippen LogP contribution in [0.3, 0.4) is 0 Å². The normalized spacial score (nSPS) is 12.5. The van der Waals surface area contributed by atoms with Crippen molar-refractivity contribution in [2.45, 2.75) is 96.8 Å². The molecule has 0 aliphatic heterocycles. The van der Waals surface area contributed by atoms with Crippen LogP contribution in [-0.2, 0) is 0 Å². The molecule has 0 saturated heterocycles. The molecule has 1 atom stereocenters. The minimum atomic E-state index is 0.725. The highest BCUT2D eigenvalue weighted by Gasteiger charge is 2.12. The number of rotatable bonds is 13. The summed E-state index contributed by atoms with van der Waals surface area (Å²) in [6.07, 6.45) is 16.7. The van der Waals surface area contributed by atoms with Gasteiger partial charge in [-0.15, -0.1) is 0 Å². The average Bonchev–Trinajstić information content (AvgIpc) is 2.53. The first kappa shape index (κ1) is 19.3. The first-order valence-electron chi connectivity index (χ1n) is 9.70. The predicted octanol–water partition coefficient (Wildman–Crippen LogP) is 7.67. The molecule has 125 valence electrons. The molecule has 0 nitrogen and oxygen atoms in total. The van der Waals surface area contributed by atoms with Gasteiger partial charge in [0.05, 0.1) is 0 Å². The van der Waals surface area contributed by atoms with Crippen molar-refractivity contribution in [3.63, 3.8) is 0 Å². The molecule has 22 heavy (non-hydrogen) atoms. The van der Waals surface area contributed by atoms with Crippen LogP contribution in [0, 0.1) is 6.92 Å². The summed E-state index contributed by atoms with van der Waals surface area (Å²) in [5.41, 5.74) is 2.72. The second-order valence-corrected chi connectivity index (χ2v) is 6.80. The van der Waals surface area contributed by atoms with Crippen molar-refractivity contribution < 1.29 is 0 Å². The zero-order valence-electron chi connectivity index (χ0n) is 15.1. The summed E-state index contributed by atoms with van der Waals surface area (Å²) in [7, 11) is 0. The van der Waals surface area contributed by atoms with Crippen molar-refractivity contribution in [2.75, 3.05) is 0 Å². The molecule has 0 saturated carbocycles. The molecule has 0 amide bonds. The van der Waals surface area contributed by atoms with E-state index >= 15 is 0 Å². The van der Waals surface area contributed by atoms with Crippen molar-refractivity contribution in [3.05, 3.63) is 42.3 Å². The highest BCUT2D eigenvalue weighted by molar-refractivity contribution is 5.32. The molecule has 0 spiro atoms. The Bertz CT molecular complexity index is 366. The van der Waals surface area contributed by atoms with Crippen molar-refractivity contribution in [1.29, 1.82) is 0 Å². The Balaban J connectivity index is 2.19. The summed E-state index contributed by atoms with van der Waals surface area (Å²) in [6.45, 7) is 8.81. The van der Waals surface area contributed by atoms with Crippen LogP contribution in [0.2, 0.25) is 0 Å². The Morgan fingerprint density at radius 3 is 1.91 bits per heavy atom. The van der Waals surface area contributed by atoms with Crippen molar-refractivity contribution >= 4 is 0 Å². The van der Waals surface area contributed by atoms with E-state index in [1.165, 1.54) is 88.2 Å². The van der Waals surface area contributed by atoms with Crippen LogP contribution in [0.25, 0.3) is 0 Å². The zero-order valence-corrected chi connectivity index (χ0v) is 15.1. The van der Waals surface area contributed by atoms with E-state index in [-0.39, 0.29) is 0 Å². The van der Waals surface area contributed by atoms with Crippen LogP contribution in [0.1, 0.15) is 108 Å². The summed E-state index contributed by atoms with van der Waals surface area (Å²) in [6, 6.07) is 8.72. The third-order valence-corrected chi connectivity index (χ3v) is 4.79. The van der Waals surface area contributed by atoms with E-state index in [1.54, 1.807) is 0 Å². The van der Waals surface area contributed by atoms with Crippen molar-refractivity contribution in [1.82, 2.24) is 0 Å². The molecular formula is C22H37. The average molecular weight is 302 g/mol. The molecular weight excluding hydrogens is 264 g/mol. The standard InChI is InChI=1S/C22H37/c1-4-6-7-8-9-10-11-12-13-18-21(16-5-2)22-19-15-14-17-20(22)3/h14-15,17,19,21H,3-13,16,18H2,1-2H3. The number of hydrogen-bond donors (Lipinski definition) is 0. The van der Waals surface area contributed by atoms with Crippen LogP contribution < -0.4 is 0 Å². The molecule has 1 aromatic rings. The molecule has 0 fully saturated rings. The van der Waals surface area contributed by atoms with E-state index in [0.29, 0.717) is 0 Å². The fraction of sp³-hybridized carbons (Fsp3) is 0.682. The fourth-order valence-electron chi connectivity index (χ4n) is 3.44. The van der Waals surface area contributed by atoms with Gasteiger partial charge in [0.15, 0.2) is 0 Å². The molecule has 1 unspecified atom stereocenters. The lowest BCUT2D eigenvalue weighted by Gasteiger charge is -2.18. The molecule has 0 bridgehead atoms. The van der Waals surface area contributed by atoms with Crippen molar-refractivity contribution in [3.8, 4) is 0 Å². The molecule has 0 heterocycles. The lowest BCUT2D eigenvalue weighted by atomic mass is 9.87. The number of hydrogen-bond acceptors (Lipinski definition) is 0. The third-order valence-electron chi connectivity index (χ3n) is 4.79. The van der Waals surface area contributed by atoms with E-state index < -0.39 is 0 Å². The highest BCUT2D eigenvalue weighted by Crippen LogP contribution is 2.29. The van der Waals surface area contributed by atoms with Crippen LogP contribution in [0.5, 0.6) is 0 Å². The molecule has 1 aromatic carbocycles. The van der Waals surface area contributed by atoms with Gasteiger partial charge in [0.25, 0.3) is 0 Å². The topological polar surface area (TPSA) is 0 Å². The van der Waals surface area contributed by atoms with E-state index in [1.807, 2.05) is 0 Å². The maximum Gasteiger partial charge on any atom is -0.0159 e.